The Kier molecular flexibility index (Phi) is 5.29. The molecule has 1 aromatic heterocycles. The van der Waals surface area contributed by atoms with E-state index in [1.54, 1.807) is 0 Å². The van der Waals surface area contributed by atoms with E-state index in [4.69, 9.17) is 5.73 Å². The summed E-state index contributed by atoms with van der Waals surface area (Å²) in [7, 11) is 1.23. The number of nitrogens with one attached hydrogen (secondary N) is 1. The number of fused-ring (bicyclic) bond motifs is 1. The average molecular weight is 414 g/mol. The molecule has 2 aliphatic rings. The topological polar surface area (TPSA) is 180 Å². The normalized spacial score (nSPS) is 22.2. The lowest BCUT2D eigenvalue weighted by Gasteiger charge is -2.49. The van der Waals surface area contributed by atoms with Gasteiger partial charge in [-0.05, 0) is 5.57 Å². The summed E-state index contributed by atoms with van der Waals surface area (Å²) in [4.78, 5) is 45.9. The zero-order valence-electron chi connectivity index (χ0n) is 13.8. The lowest BCUT2D eigenvalue weighted by molar-refractivity contribution is -0.150. The first-order valence-corrected chi connectivity index (χ1v) is 9.23. The fourth-order valence-electron chi connectivity index (χ4n) is 2.62. The molecule has 27 heavy (non-hydrogen) atoms. The minimum atomic E-state index is -1.31. The van der Waals surface area contributed by atoms with Gasteiger partial charge in [0, 0.05) is 17.3 Å². The first-order valence-electron chi connectivity index (χ1n) is 7.41. The summed E-state index contributed by atoms with van der Waals surface area (Å²) in [6.07, 6.45) is 0. The zero-order valence-corrected chi connectivity index (χ0v) is 15.4. The summed E-state index contributed by atoms with van der Waals surface area (Å²) in [5.41, 5.74) is 5.23. The second-order valence-electron chi connectivity index (χ2n) is 5.36. The van der Waals surface area contributed by atoms with Crippen LogP contribution < -0.4 is 11.1 Å². The van der Waals surface area contributed by atoms with Crippen LogP contribution >= 0.6 is 23.3 Å². The van der Waals surface area contributed by atoms with Gasteiger partial charge >= 0.3 is 5.97 Å². The Bertz CT molecular complexity index is 867. The molecular weight excluding hydrogens is 400 g/mol. The Morgan fingerprint density at radius 2 is 2.26 bits per heavy atom. The molecule has 1 saturated heterocycles. The SMILES string of the molecule is CO/N=C(\C(=O)N[C@@H]1C(=O)N2C(C(=O)O)=C(CO)CS[C@@H]12)c1nsc(N)n1. The molecule has 0 aliphatic carbocycles. The third kappa shape index (κ3) is 3.33. The highest BCUT2D eigenvalue weighted by Gasteiger charge is 2.54. The van der Waals surface area contributed by atoms with Crippen molar-refractivity contribution in [2.75, 3.05) is 25.2 Å². The number of hydrogen-bond donors (Lipinski definition) is 4. The molecule has 0 aromatic carbocycles. The Morgan fingerprint density at radius 1 is 1.52 bits per heavy atom. The highest BCUT2D eigenvalue weighted by atomic mass is 32.2. The van der Waals surface area contributed by atoms with Crippen molar-refractivity contribution < 1.29 is 29.4 Å². The summed E-state index contributed by atoms with van der Waals surface area (Å²) >= 11 is 2.10. The van der Waals surface area contributed by atoms with Gasteiger partial charge in [0.1, 0.15) is 24.2 Å². The number of hydrogen-bond acceptors (Lipinski definition) is 11. The Balaban J connectivity index is 1.79. The van der Waals surface area contributed by atoms with Crippen LogP contribution in [0.15, 0.2) is 16.4 Å². The molecule has 2 amide bonds. The quantitative estimate of drug-likeness (QED) is 0.236. The van der Waals surface area contributed by atoms with E-state index >= 15 is 0 Å². The van der Waals surface area contributed by atoms with E-state index in [-0.39, 0.29) is 33.7 Å². The number of aromatic nitrogens is 2. The van der Waals surface area contributed by atoms with Crippen molar-refractivity contribution in [3.05, 3.63) is 17.1 Å². The van der Waals surface area contributed by atoms with Crippen LogP contribution in [0.25, 0.3) is 0 Å². The predicted octanol–water partition coefficient (Wildman–Crippen LogP) is -1.80. The van der Waals surface area contributed by atoms with Crippen molar-refractivity contribution in [2.24, 2.45) is 5.16 Å². The van der Waals surface area contributed by atoms with Crippen LogP contribution in [0.3, 0.4) is 0 Å². The molecule has 0 spiro atoms. The second kappa shape index (κ2) is 7.50. The van der Waals surface area contributed by atoms with Gasteiger partial charge in [0.15, 0.2) is 5.13 Å². The van der Waals surface area contributed by atoms with Crippen LogP contribution in [0.5, 0.6) is 0 Å². The van der Waals surface area contributed by atoms with Crippen molar-refractivity contribution in [1.82, 2.24) is 19.6 Å². The smallest absolute Gasteiger partial charge is 0.352 e. The molecule has 2 aliphatic heterocycles. The minimum absolute atomic E-state index is 0.0505. The number of nitrogens with zero attached hydrogens (tertiary/aromatic N) is 4. The Hall–Kier alpha value is -2.71. The van der Waals surface area contributed by atoms with Crippen molar-refractivity contribution in [3.63, 3.8) is 0 Å². The average Bonchev–Trinajstić information content (AvgIpc) is 3.08. The molecule has 144 valence electrons. The monoisotopic (exact) mass is 414 g/mol. The van der Waals surface area contributed by atoms with E-state index in [1.807, 2.05) is 0 Å². The maximum atomic E-state index is 12.5. The van der Waals surface area contributed by atoms with Gasteiger partial charge in [0.05, 0.1) is 6.61 Å². The van der Waals surface area contributed by atoms with Crippen LogP contribution in [0.1, 0.15) is 5.82 Å². The number of rotatable bonds is 6. The molecule has 14 heteroatoms. The van der Waals surface area contributed by atoms with Gasteiger partial charge in [0.25, 0.3) is 11.8 Å². The van der Waals surface area contributed by atoms with Crippen molar-refractivity contribution in [2.45, 2.75) is 11.4 Å². The van der Waals surface area contributed by atoms with E-state index in [2.05, 4.69) is 24.7 Å². The van der Waals surface area contributed by atoms with Crippen molar-refractivity contribution in [1.29, 1.82) is 0 Å². The predicted molar refractivity (Wildman–Crippen MR) is 94.6 cm³/mol. The lowest BCUT2D eigenvalue weighted by atomic mass is 10.0. The zero-order chi connectivity index (χ0) is 19.7. The molecule has 3 heterocycles. The molecular formula is C13H14N6O6S2. The third-order valence-corrected chi connectivity index (χ3v) is 5.66. The molecule has 0 radical (unpaired) electrons. The molecule has 3 rings (SSSR count). The summed E-state index contributed by atoms with van der Waals surface area (Å²) in [5, 5.41) is 24.2. The third-order valence-electron chi connectivity index (χ3n) is 3.78. The fourth-order valence-corrected chi connectivity index (χ4v) is 4.39. The number of carbonyl (C=O) groups is 3. The van der Waals surface area contributed by atoms with Gasteiger partial charge in [-0.15, -0.1) is 11.8 Å². The number of oxime groups is 1. The van der Waals surface area contributed by atoms with Crippen LogP contribution in [0.2, 0.25) is 0 Å². The standard InChI is InChI=1S/C13H14N6O6S2/c1-25-17-5(8-16-13(14)27-18-8)9(21)15-6-10(22)19-7(12(23)24)4(2-20)3-26-11(6)19/h6,11,20H,2-3H2,1H3,(H,15,21)(H,23,24)(H2,14,16,18)/b17-5-/t6-,11+/m1/s1. The number of β-lactam (4-membered cyclic amide) rings is 1. The number of aliphatic hydroxyl groups is 1. The summed E-state index contributed by atoms with van der Waals surface area (Å²) in [6, 6.07) is -0.963. The number of thioether (sulfide) groups is 1. The van der Waals surface area contributed by atoms with E-state index in [1.165, 1.54) is 18.9 Å². The van der Waals surface area contributed by atoms with Gasteiger partial charge in [0.2, 0.25) is 11.5 Å². The Labute approximate surface area is 160 Å². The van der Waals surface area contributed by atoms with Crippen LogP contribution in [0, 0.1) is 0 Å². The van der Waals surface area contributed by atoms with E-state index in [0.29, 0.717) is 0 Å². The van der Waals surface area contributed by atoms with Crippen molar-refractivity contribution in [3.8, 4) is 0 Å². The molecule has 1 aromatic rings. The molecule has 0 bridgehead atoms. The molecule has 0 unspecified atom stereocenters. The summed E-state index contributed by atoms with van der Waals surface area (Å²) < 4.78 is 3.88. The number of carboxylic acid groups (broad SMARTS) is 1. The minimum Gasteiger partial charge on any atom is -0.477 e. The van der Waals surface area contributed by atoms with E-state index < -0.39 is 35.8 Å². The van der Waals surface area contributed by atoms with Gasteiger partial charge < -0.3 is 26.1 Å². The van der Waals surface area contributed by atoms with Gasteiger partial charge in [-0.2, -0.15) is 9.36 Å². The first kappa shape index (κ1) is 19.1. The van der Waals surface area contributed by atoms with Crippen LogP contribution in [-0.4, -0.2) is 78.9 Å². The van der Waals surface area contributed by atoms with Gasteiger partial charge in [-0.25, -0.2) is 4.79 Å². The molecule has 2 atom stereocenters. The Morgan fingerprint density at radius 3 is 2.81 bits per heavy atom. The first-order chi connectivity index (χ1) is 12.9. The van der Waals surface area contributed by atoms with Crippen LogP contribution in [-0.2, 0) is 19.2 Å². The molecule has 5 N–H and O–H groups in total. The number of aliphatic hydroxyl groups excluding tert-OH is 1. The van der Waals surface area contributed by atoms with Gasteiger partial charge in [-0.1, -0.05) is 5.16 Å². The molecule has 12 nitrogen and oxygen atoms in total. The highest BCUT2D eigenvalue weighted by molar-refractivity contribution is 8.00. The number of carboxylic acids is 1. The second-order valence-corrected chi connectivity index (χ2v) is 7.24. The van der Waals surface area contributed by atoms with E-state index in [0.717, 1.165) is 16.4 Å². The highest BCUT2D eigenvalue weighted by Crippen LogP contribution is 2.40. The summed E-state index contributed by atoms with van der Waals surface area (Å²) in [5.74, 6) is -2.51. The van der Waals surface area contributed by atoms with Crippen LogP contribution in [0.4, 0.5) is 5.13 Å². The number of aliphatic carboxylic acids is 1. The lowest BCUT2D eigenvalue weighted by Crippen LogP contribution is -2.71. The number of nitrogen functional groups attached to an aromatic ring is 1. The van der Waals surface area contributed by atoms with Gasteiger partial charge in [-0.3, -0.25) is 14.5 Å². The molecule has 0 saturated carbocycles. The number of carbonyl (C=O) groups excluding carboxylic acids is 2. The maximum Gasteiger partial charge on any atom is 0.352 e. The summed E-state index contributed by atoms with van der Waals surface area (Å²) in [6.45, 7) is -0.469. The fraction of sp³-hybridized carbons (Fsp3) is 0.385. The van der Waals surface area contributed by atoms with Crippen molar-refractivity contribution >= 4 is 51.9 Å². The largest absolute Gasteiger partial charge is 0.477 e. The maximum absolute atomic E-state index is 12.5. The number of anilines is 1. The number of nitrogens with two attached hydrogens (primary N) is 1. The molecule has 1 fully saturated rings. The number of amides is 2. The van der Waals surface area contributed by atoms with E-state index in [9.17, 15) is 24.6 Å².